The molecule has 3 aromatic carbocycles. The Morgan fingerprint density at radius 1 is 1.06 bits per heavy atom. The van der Waals surface area contributed by atoms with Gasteiger partial charge in [0.25, 0.3) is 5.91 Å². The summed E-state index contributed by atoms with van der Waals surface area (Å²) in [5.41, 5.74) is 2.94. The number of amides is 2. The van der Waals surface area contributed by atoms with E-state index in [1.54, 1.807) is 30.2 Å². The van der Waals surface area contributed by atoms with Crippen molar-refractivity contribution in [3.63, 3.8) is 0 Å². The standard InChI is InChI=1S/C38H51N3O6/c1-27-23-41(28(2)26-42)38(44)34-22-32(39-37(43)21-30-12-7-6-8-13-30)16-19-35(34)47-29(3)11-9-10-20-46-36(27)25-40(4)24-31-14-17-33(45-5)18-15-31/h6-8,12-19,22,27-29,36,42H,9-11,20-21,23-26H2,1-5H3,(H,39,43)/t27-,28-,29-,36+/m0/s1. The summed E-state index contributed by atoms with van der Waals surface area (Å²) in [5, 5.41) is 13.2. The van der Waals surface area contributed by atoms with E-state index in [0.29, 0.717) is 36.7 Å². The molecule has 2 amide bonds. The van der Waals surface area contributed by atoms with Gasteiger partial charge >= 0.3 is 0 Å². The second-order valence-corrected chi connectivity index (χ2v) is 12.8. The van der Waals surface area contributed by atoms with Crippen molar-refractivity contribution in [2.45, 2.75) is 71.2 Å². The number of hydrogen-bond acceptors (Lipinski definition) is 7. The third-order valence-corrected chi connectivity index (χ3v) is 8.65. The topological polar surface area (TPSA) is 101 Å². The Balaban J connectivity index is 1.57. The lowest BCUT2D eigenvalue weighted by atomic mass is 10.0. The van der Waals surface area contributed by atoms with E-state index < -0.39 is 6.04 Å². The highest BCUT2D eigenvalue weighted by Crippen LogP contribution is 2.29. The number of nitrogens with one attached hydrogen (secondary N) is 1. The first-order valence-corrected chi connectivity index (χ1v) is 16.7. The van der Waals surface area contributed by atoms with Gasteiger partial charge < -0.3 is 29.5 Å². The third kappa shape index (κ3) is 10.8. The van der Waals surface area contributed by atoms with Crippen LogP contribution in [0.3, 0.4) is 0 Å². The number of likely N-dealkylation sites (N-methyl/N-ethyl adjacent to an activating group) is 1. The van der Waals surface area contributed by atoms with Crippen LogP contribution in [0.15, 0.2) is 72.8 Å². The number of benzene rings is 3. The molecule has 9 heteroatoms. The van der Waals surface area contributed by atoms with Crippen LogP contribution in [0.25, 0.3) is 0 Å². The quantitative estimate of drug-likeness (QED) is 0.287. The van der Waals surface area contributed by atoms with Gasteiger partial charge in [-0.1, -0.05) is 49.4 Å². The van der Waals surface area contributed by atoms with Crippen LogP contribution >= 0.6 is 0 Å². The summed E-state index contributed by atoms with van der Waals surface area (Å²) in [4.78, 5) is 31.2. The van der Waals surface area contributed by atoms with Crippen molar-refractivity contribution in [1.29, 1.82) is 0 Å². The molecule has 0 fully saturated rings. The minimum atomic E-state index is -0.447. The number of nitrogens with zero attached hydrogens (tertiary/aromatic N) is 2. The lowest BCUT2D eigenvalue weighted by Crippen LogP contribution is -2.47. The fourth-order valence-electron chi connectivity index (χ4n) is 5.86. The largest absolute Gasteiger partial charge is 0.497 e. The second-order valence-electron chi connectivity index (χ2n) is 12.8. The van der Waals surface area contributed by atoms with Crippen molar-refractivity contribution in [2.75, 3.05) is 45.8 Å². The Morgan fingerprint density at radius 2 is 1.81 bits per heavy atom. The van der Waals surface area contributed by atoms with Crippen LogP contribution in [-0.2, 0) is 22.5 Å². The maximum Gasteiger partial charge on any atom is 0.258 e. The molecule has 4 rings (SSSR count). The van der Waals surface area contributed by atoms with E-state index >= 15 is 0 Å². The summed E-state index contributed by atoms with van der Waals surface area (Å²) >= 11 is 0. The van der Waals surface area contributed by atoms with Crippen LogP contribution in [0, 0.1) is 5.92 Å². The minimum Gasteiger partial charge on any atom is -0.497 e. The lowest BCUT2D eigenvalue weighted by Gasteiger charge is -2.36. The lowest BCUT2D eigenvalue weighted by molar-refractivity contribution is -0.115. The van der Waals surface area contributed by atoms with Gasteiger partial charge in [0.1, 0.15) is 11.5 Å². The molecule has 47 heavy (non-hydrogen) atoms. The smallest absolute Gasteiger partial charge is 0.258 e. The summed E-state index contributed by atoms with van der Waals surface area (Å²) in [5.74, 6) is 0.820. The van der Waals surface area contributed by atoms with Crippen molar-refractivity contribution in [3.8, 4) is 11.5 Å². The van der Waals surface area contributed by atoms with Crippen LogP contribution in [0.5, 0.6) is 11.5 Å². The van der Waals surface area contributed by atoms with E-state index in [0.717, 1.165) is 37.1 Å². The minimum absolute atomic E-state index is 0.0359. The number of anilines is 1. The van der Waals surface area contributed by atoms with Gasteiger partial charge in [0.2, 0.25) is 5.91 Å². The van der Waals surface area contributed by atoms with Gasteiger partial charge in [-0.25, -0.2) is 0 Å². The van der Waals surface area contributed by atoms with Gasteiger partial charge in [-0.3, -0.25) is 14.5 Å². The average molecular weight is 646 g/mol. The van der Waals surface area contributed by atoms with Crippen LogP contribution in [0.2, 0.25) is 0 Å². The van der Waals surface area contributed by atoms with Gasteiger partial charge in [-0.15, -0.1) is 0 Å². The number of methoxy groups -OCH3 is 1. The molecule has 2 N–H and O–H groups in total. The number of fused-ring (bicyclic) bond motifs is 1. The molecule has 0 radical (unpaired) electrons. The fraction of sp³-hybridized carbons (Fsp3) is 0.474. The van der Waals surface area contributed by atoms with Crippen molar-refractivity contribution < 1.29 is 28.9 Å². The Labute approximate surface area is 279 Å². The molecule has 254 valence electrons. The van der Waals surface area contributed by atoms with E-state index in [1.807, 2.05) is 56.3 Å². The zero-order chi connectivity index (χ0) is 33.8. The van der Waals surface area contributed by atoms with Crippen molar-refractivity contribution >= 4 is 17.5 Å². The Bertz CT molecular complexity index is 1420. The molecule has 0 saturated heterocycles. The van der Waals surface area contributed by atoms with Crippen LogP contribution in [0.4, 0.5) is 5.69 Å². The summed E-state index contributed by atoms with van der Waals surface area (Å²) in [6.07, 6.45) is 2.58. The highest BCUT2D eigenvalue weighted by Gasteiger charge is 2.30. The molecule has 0 aromatic heterocycles. The van der Waals surface area contributed by atoms with Crippen LogP contribution < -0.4 is 14.8 Å². The van der Waals surface area contributed by atoms with E-state index in [1.165, 1.54) is 5.56 Å². The Hall–Kier alpha value is -3.92. The predicted octanol–water partition coefficient (Wildman–Crippen LogP) is 5.80. The molecule has 0 bridgehead atoms. The van der Waals surface area contributed by atoms with Gasteiger partial charge in [0.15, 0.2) is 0 Å². The summed E-state index contributed by atoms with van der Waals surface area (Å²) in [6.45, 7) is 8.16. The van der Waals surface area contributed by atoms with E-state index in [4.69, 9.17) is 14.2 Å². The molecule has 1 aliphatic heterocycles. The molecule has 0 saturated carbocycles. The normalized spacial score (nSPS) is 20.1. The van der Waals surface area contributed by atoms with Crippen molar-refractivity contribution in [2.24, 2.45) is 5.92 Å². The fourth-order valence-corrected chi connectivity index (χ4v) is 5.86. The second kappa shape index (κ2) is 17.8. The summed E-state index contributed by atoms with van der Waals surface area (Å²) in [6, 6.07) is 22.4. The first kappa shape index (κ1) is 35.9. The molecule has 1 aliphatic rings. The van der Waals surface area contributed by atoms with Crippen LogP contribution in [0.1, 0.15) is 61.5 Å². The zero-order valence-electron chi connectivity index (χ0n) is 28.5. The maximum atomic E-state index is 14.4. The zero-order valence-corrected chi connectivity index (χ0v) is 28.5. The highest BCUT2D eigenvalue weighted by atomic mass is 16.5. The summed E-state index contributed by atoms with van der Waals surface area (Å²) < 4.78 is 18.1. The molecule has 0 spiro atoms. The van der Waals surface area contributed by atoms with E-state index in [2.05, 4.69) is 36.3 Å². The monoisotopic (exact) mass is 645 g/mol. The average Bonchev–Trinajstić information content (AvgIpc) is 3.06. The first-order valence-electron chi connectivity index (χ1n) is 16.7. The van der Waals surface area contributed by atoms with Crippen molar-refractivity contribution in [3.05, 3.63) is 89.5 Å². The number of rotatable bonds is 10. The number of carbonyl (C=O) groups excluding carboxylic acids is 2. The molecule has 0 aliphatic carbocycles. The number of aliphatic hydroxyl groups excluding tert-OH is 1. The van der Waals surface area contributed by atoms with Gasteiger partial charge in [-0.05, 0) is 81.6 Å². The molecule has 0 unspecified atom stereocenters. The number of carbonyl (C=O) groups is 2. The molecular weight excluding hydrogens is 594 g/mol. The highest BCUT2D eigenvalue weighted by molar-refractivity contribution is 6.00. The number of ether oxygens (including phenoxy) is 3. The maximum absolute atomic E-state index is 14.4. The van der Waals surface area contributed by atoms with Gasteiger partial charge in [0.05, 0.1) is 44.0 Å². The van der Waals surface area contributed by atoms with Gasteiger partial charge in [0, 0.05) is 37.8 Å². The first-order chi connectivity index (χ1) is 22.7. The van der Waals surface area contributed by atoms with Crippen LogP contribution in [-0.4, -0.2) is 85.4 Å². The molecule has 3 aromatic rings. The predicted molar refractivity (Wildman–Crippen MR) is 185 cm³/mol. The number of hydrogen-bond donors (Lipinski definition) is 2. The number of aliphatic hydroxyl groups is 1. The van der Waals surface area contributed by atoms with Gasteiger partial charge in [-0.2, -0.15) is 0 Å². The van der Waals surface area contributed by atoms with Crippen molar-refractivity contribution in [1.82, 2.24) is 9.80 Å². The Kier molecular flexibility index (Phi) is 13.6. The molecule has 4 atom stereocenters. The molecule has 1 heterocycles. The Morgan fingerprint density at radius 3 is 2.51 bits per heavy atom. The summed E-state index contributed by atoms with van der Waals surface area (Å²) in [7, 11) is 3.74. The van der Waals surface area contributed by atoms with E-state index in [-0.39, 0.29) is 43.0 Å². The third-order valence-electron chi connectivity index (χ3n) is 8.65. The van der Waals surface area contributed by atoms with E-state index in [9.17, 15) is 14.7 Å². The SMILES string of the molecule is COc1ccc(CN(C)C[C@H]2OCCCC[C@H](C)Oc3ccc(NC(=O)Cc4ccccc4)cc3C(=O)N([C@@H](C)CO)C[C@@H]2C)cc1. The molecule has 9 nitrogen and oxygen atoms in total. The molecular formula is C38H51N3O6.